The number of hydrogen-bond acceptors (Lipinski definition) is 4. The van der Waals surface area contributed by atoms with Crippen LogP contribution in [0.1, 0.15) is 44.7 Å². The maximum atomic E-state index is 9.93. The summed E-state index contributed by atoms with van der Waals surface area (Å²) in [5.41, 5.74) is 1.90. The number of phenolic OH excluding ortho intramolecular Hbond substituents is 1. The Labute approximate surface area is 124 Å². The fraction of sp³-hybridized carbons (Fsp3) is 0.529. The van der Waals surface area contributed by atoms with E-state index in [4.69, 9.17) is 0 Å². The second kappa shape index (κ2) is 5.88. The van der Waals surface area contributed by atoms with Crippen molar-refractivity contribution in [2.45, 2.75) is 45.4 Å². The largest absolute Gasteiger partial charge is 0.508 e. The molecule has 1 heterocycles. The first kappa shape index (κ1) is 14.1. The van der Waals surface area contributed by atoms with Crippen molar-refractivity contribution in [3.8, 4) is 11.6 Å². The van der Waals surface area contributed by atoms with Crippen molar-refractivity contribution in [2.75, 3.05) is 0 Å². The van der Waals surface area contributed by atoms with Gasteiger partial charge in [0.2, 0.25) is 5.88 Å². The van der Waals surface area contributed by atoms with Crippen LogP contribution in [0.4, 0.5) is 0 Å². The molecule has 1 aliphatic carbocycles. The van der Waals surface area contributed by atoms with E-state index in [0.29, 0.717) is 16.7 Å². The molecule has 1 aromatic carbocycles. The van der Waals surface area contributed by atoms with E-state index in [1.54, 1.807) is 12.1 Å². The molecule has 2 atom stereocenters. The van der Waals surface area contributed by atoms with E-state index in [-0.39, 0.29) is 11.6 Å². The fourth-order valence-corrected chi connectivity index (χ4v) is 2.91. The third-order valence-corrected chi connectivity index (χ3v) is 4.46. The number of unbranched alkanes of at least 4 members (excludes halogenated alkanes) is 2. The zero-order chi connectivity index (χ0) is 14.8. The molecule has 0 spiro atoms. The number of hydrogen-bond donors (Lipinski definition) is 2. The van der Waals surface area contributed by atoms with Gasteiger partial charge in [0, 0.05) is 6.07 Å². The SMILES string of the molecule is CC1C[C@H]1CCCCCc1nc2ccc(O)cc2nc1O. The van der Waals surface area contributed by atoms with E-state index in [9.17, 15) is 10.2 Å². The maximum absolute atomic E-state index is 9.93. The summed E-state index contributed by atoms with van der Waals surface area (Å²) >= 11 is 0. The van der Waals surface area contributed by atoms with Crippen LogP contribution in [0.5, 0.6) is 11.6 Å². The molecule has 2 aromatic rings. The molecule has 0 bridgehead atoms. The highest BCUT2D eigenvalue weighted by Crippen LogP contribution is 2.41. The molecule has 0 radical (unpaired) electrons. The summed E-state index contributed by atoms with van der Waals surface area (Å²) < 4.78 is 0. The van der Waals surface area contributed by atoms with Crippen molar-refractivity contribution in [3.63, 3.8) is 0 Å². The number of nitrogens with zero attached hydrogens (tertiary/aromatic N) is 2. The lowest BCUT2D eigenvalue weighted by Crippen LogP contribution is -1.95. The van der Waals surface area contributed by atoms with E-state index in [2.05, 4.69) is 16.9 Å². The van der Waals surface area contributed by atoms with Crippen molar-refractivity contribution in [3.05, 3.63) is 23.9 Å². The predicted molar refractivity (Wildman–Crippen MR) is 82.3 cm³/mol. The standard InChI is InChI=1S/C17H22N2O2/c1-11-9-12(11)5-3-2-4-6-15-17(21)19-16-10-13(20)7-8-14(16)18-15/h7-8,10-12,20H,2-6,9H2,1H3,(H,19,21)/t11?,12-/m1/s1. The minimum absolute atomic E-state index is 0.0103. The van der Waals surface area contributed by atoms with Crippen molar-refractivity contribution >= 4 is 11.0 Å². The number of fused-ring (bicyclic) bond motifs is 1. The van der Waals surface area contributed by atoms with Gasteiger partial charge in [0.05, 0.1) is 11.0 Å². The highest BCUT2D eigenvalue weighted by molar-refractivity contribution is 5.76. The van der Waals surface area contributed by atoms with Crippen LogP contribution in [0, 0.1) is 11.8 Å². The zero-order valence-electron chi connectivity index (χ0n) is 12.4. The molecule has 112 valence electrons. The predicted octanol–water partition coefficient (Wildman–Crippen LogP) is 3.80. The van der Waals surface area contributed by atoms with Gasteiger partial charge >= 0.3 is 0 Å². The van der Waals surface area contributed by atoms with Gasteiger partial charge in [-0.3, -0.25) is 0 Å². The lowest BCUT2D eigenvalue weighted by Gasteiger charge is -2.06. The summed E-state index contributed by atoms with van der Waals surface area (Å²) in [5, 5.41) is 19.3. The van der Waals surface area contributed by atoms with Crippen LogP contribution in [0.25, 0.3) is 11.0 Å². The molecular formula is C17H22N2O2. The molecule has 3 rings (SSSR count). The summed E-state index contributed by atoms with van der Waals surface area (Å²) in [6.45, 7) is 2.32. The van der Waals surface area contributed by atoms with Gasteiger partial charge in [-0.15, -0.1) is 0 Å². The van der Waals surface area contributed by atoms with Crippen LogP contribution in [-0.2, 0) is 6.42 Å². The number of phenols is 1. The van der Waals surface area contributed by atoms with Gasteiger partial charge in [0.15, 0.2) is 0 Å². The average Bonchev–Trinajstić information content (AvgIpc) is 3.15. The summed E-state index contributed by atoms with van der Waals surface area (Å²) in [4.78, 5) is 8.57. The van der Waals surface area contributed by atoms with Crippen LogP contribution in [0.15, 0.2) is 18.2 Å². The van der Waals surface area contributed by atoms with E-state index < -0.39 is 0 Å². The number of benzene rings is 1. The van der Waals surface area contributed by atoms with Crippen molar-refractivity contribution in [1.29, 1.82) is 0 Å². The van der Waals surface area contributed by atoms with E-state index in [0.717, 1.165) is 24.7 Å². The van der Waals surface area contributed by atoms with Gasteiger partial charge in [0.1, 0.15) is 11.4 Å². The smallest absolute Gasteiger partial charge is 0.233 e. The van der Waals surface area contributed by atoms with Crippen LogP contribution >= 0.6 is 0 Å². The van der Waals surface area contributed by atoms with E-state index >= 15 is 0 Å². The first-order valence-corrected chi connectivity index (χ1v) is 7.82. The van der Waals surface area contributed by atoms with Crippen LogP contribution in [0.3, 0.4) is 0 Å². The fourth-order valence-electron chi connectivity index (χ4n) is 2.91. The summed E-state index contributed by atoms with van der Waals surface area (Å²) in [7, 11) is 0. The molecule has 2 N–H and O–H groups in total. The highest BCUT2D eigenvalue weighted by atomic mass is 16.3. The monoisotopic (exact) mass is 286 g/mol. The van der Waals surface area contributed by atoms with Crippen molar-refractivity contribution in [1.82, 2.24) is 9.97 Å². The van der Waals surface area contributed by atoms with Crippen LogP contribution in [0.2, 0.25) is 0 Å². The molecule has 0 saturated heterocycles. The molecule has 21 heavy (non-hydrogen) atoms. The minimum atomic E-state index is -0.0103. The Morgan fingerprint density at radius 3 is 2.67 bits per heavy atom. The van der Waals surface area contributed by atoms with Gasteiger partial charge in [0.25, 0.3) is 0 Å². The Morgan fingerprint density at radius 2 is 1.90 bits per heavy atom. The first-order valence-electron chi connectivity index (χ1n) is 7.82. The Bertz CT molecular complexity index is 642. The van der Waals surface area contributed by atoms with E-state index in [1.807, 2.05) is 0 Å². The first-order chi connectivity index (χ1) is 10.1. The number of aryl methyl sites for hydroxylation is 1. The second-order valence-electron chi connectivity index (χ2n) is 6.24. The van der Waals surface area contributed by atoms with E-state index in [1.165, 1.54) is 31.7 Å². The summed E-state index contributed by atoms with van der Waals surface area (Å²) in [6.07, 6.45) is 6.99. The normalized spacial score (nSPS) is 20.8. The van der Waals surface area contributed by atoms with Gasteiger partial charge < -0.3 is 10.2 Å². The summed E-state index contributed by atoms with van der Waals surface area (Å²) in [6, 6.07) is 4.84. The Kier molecular flexibility index (Phi) is 3.95. The number of rotatable bonds is 6. The topological polar surface area (TPSA) is 66.2 Å². The van der Waals surface area contributed by atoms with Gasteiger partial charge in [-0.25, -0.2) is 9.97 Å². The molecule has 1 unspecified atom stereocenters. The highest BCUT2D eigenvalue weighted by Gasteiger charge is 2.31. The van der Waals surface area contributed by atoms with Crippen molar-refractivity contribution in [2.24, 2.45) is 11.8 Å². The van der Waals surface area contributed by atoms with Crippen molar-refractivity contribution < 1.29 is 10.2 Å². The van der Waals surface area contributed by atoms with Gasteiger partial charge in [-0.1, -0.05) is 26.2 Å². The Hall–Kier alpha value is -1.84. The third kappa shape index (κ3) is 3.43. The lowest BCUT2D eigenvalue weighted by molar-refractivity contribution is 0.442. The second-order valence-corrected chi connectivity index (χ2v) is 6.24. The molecule has 1 saturated carbocycles. The van der Waals surface area contributed by atoms with Gasteiger partial charge in [-0.2, -0.15) is 0 Å². The molecule has 1 fully saturated rings. The molecule has 4 nitrogen and oxygen atoms in total. The molecule has 1 aliphatic rings. The molecule has 4 heteroatoms. The summed E-state index contributed by atoms with van der Waals surface area (Å²) in [5.74, 6) is 2.03. The molecule has 0 amide bonds. The van der Waals surface area contributed by atoms with Gasteiger partial charge in [-0.05, 0) is 43.2 Å². The number of aromatic nitrogens is 2. The number of aromatic hydroxyl groups is 2. The van der Waals surface area contributed by atoms with Crippen LogP contribution < -0.4 is 0 Å². The average molecular weight is 286 g/mol. The zero-order valence-corrected chi connectivity index (χ0v) is 12.4. The Balaban J connectivity index is 1.56. The minimum Gasteiger partial charge on any atom is -0.508 e. The lowest BCUT2D eigenvalue weighted by atomic mass is 10.1. The Morgan fingerprint density at radius 1 is 1.10 bits per heavy atom. The molecule has 1 aromatic heterocycles. The quantitative estimate of drug-likeness (QED) is 0.793. The third-order valence-electron chi connectivity index (χ3n) is 4.46. The van der Waals surface area contributed by atoms with Crippen LogP contribution in [-0.4, -0.2) is 20.2 Å². The molecular weight excluding hydrogens is 264 g/mol. The maximum Gasteiger partial charge on any atom is 0.233 e. The molecule has 0 aliphatic heterocycles.